The van der Waals surface area contributed by atoms with Crippen molar-refractivity contribution < 1.29 is 19.5 Å². The number of hydrogen-bond donors (Lipinski definition) is 4. The van der Waals surface area contributed by atoms with Crippen molar-refractivity contribution in [1.29, 1.82) is 0 Å². The van der Waals surface area contributed by atoms with E-state index in [1.807, 2.05) is 0 Å². The summed E-state index contributed by atoms with van der Waals surface area (Å²) in [6.07, 6.45) is 0. The second-order valence-corrected chi connectivity index (χ2v) is 6.23. The van der Waals surface area contributed by atoms with Crippen molar-refractivity contribution in [3.8, 4) is 0 Å². The summed E-state index contributed by atoms with van der Waals surface area (Å²) in [6.45, 7) is 0. The van der Waals surface area contributed by atoms with E-state index in [1.54, 1.807) is 0 Å². The van der Waals surface area contributed by atoms with Crippen molar-refractivity contribution in [1.82, 2.24) is 0 Å². The zero-order valence-electron chi connectivity index (χ0n) is 14.0. The summed E-state index contributed by atoms with van der Waals surface area (Å²) >= 11 is 1.02. The Morgan fingerprint density at radius 3 is 1.96 bits per heavy atom. The molecule has 0 fully saturated rings. The molecule has 0 bridgehead atoms. The molecule has 10 heteroatoms. The molecule has 0 saturated heterocycles. The van der Waals surface area contributed by atoms with Gasteiger partial charge in [0, 0.05) is 11.1 Å². The Balaban J connectivity index is 2.02. The highest BCUT2D eigenvalue weighted by molar-refractivity contribution is 8.14. The van der Waals surface area contributed by atoms with Crippen LogP contribution in [0, 0.1) is 0 Å². The molecule has 27 heavy (non-hydrogen) atoms. The van der Waals surface area contributed by atoms with E-state index in [2.05, 4.69) is 5.10 Å². The number of nitrogens with zero attached hydrogens (tertiary/aromatic N) is 2. The molecule has 1 amide bonds. The van der Waals surface area contributed by atoms with E-state index in [1.165, 1.54) is 48.5 Å². The Morgan fingerprint density at radius 2 is 1.48 bits per heavy atom. The molecule has 0 unspecified atom stereocenters. The molecule has 0 heterocycles. The Bertz CT molecular complexity index is 881. The number of amides is 1. The van der Waals surface area contributed by atoms with Gasteiger partial charge in [0.05, 0.1) is 17.0 Å². The smallest absolute Gasteiger partial charge is 0.335 e. The van der Waals surface area contributed by atoms with Crippen molar-refractivity contribution in [3.05, 3.63) is 65.2 Å². The number of amidine groups is 1. The van der Waals surface area contributed by atoms with E-state index in [4.69, 9.17) is 22.5 Å². The van der Waals surface area contributed by atoms with Crippen LogP contribution in [0.1, 0.15) is 31.1 Å². The average Bonchev–Trinajstić information content (AvgIpc) is 2.68. The van der Waals surface area contributed by atoms with E-state index < -0.39 is 11.9 Å². The number of hydrogen-bond acceptors (Lipinski definition) is 7. The van der Waals surface area contributed by atoms with E-state index in [0.29, 0.717) is 16.8 Å². The van der Waals surface area contributed by atoms with Gasteiger partial charge < -0.3 is 16.7 Å². The number of carbonyl (C=O) groups excluding carboxylic acids is 2. The van der Waals surface area contributed by atoms with Crippen LogP contribution in [0.4, 0.5) is 5.69 Å². The maximum Gasteiger partial charge on any atom is 0.335 e. The topological polar surface area (TPSA) is 165 Å². The van der Waals surface area contributed by atoms with Crippen LogP contribution in [-0.4, -0.2) is 33.7 Å². The third kappa shape index (κ3) is 5.06. The van der Waals surface area contributed by atoms with Crippen LogP contribution >= 0.6 is 11.8 Å². The predicted octanol–water partition coefficient (Wildman–Crippen LogP) is 1.01. The molecule has 0 atom stereocenters. The summed E-state index contributed by atoms with van der Waals surface area (Å²) in [5.41, 5.74) is 6.43. The number of rotatable bonds is 6. The van der Waals surface area contributed by atoms with Crippen LogP contribution in [0.5, 0.6) is 0 Å². The minimum atomic E-state index is -1.06. The van der Waals surface area contributed by atoms with Crippen molar-refractivity contribution in [2.24, 2.45) is 22.5 Å². The predicted molar refractivity (Wildman–Crippen MR) is 103 cm³/mol. The number of carboxylic acid groups (broad SMARTS) is 1. The number of thioether (sulfide) groups is 1. The lowest BCUT2D eigenvalue weighted by Crippen LogP contribution is -2.37. The molecule has 0 saturated carbocycles. The first-order valence-corrected chi connectivity index (χ1v) is 8.54. The molecule has 7 N–H and O–H groups in total. The molecule has 2 aromatic carbocycles. The summed E-state index contributed by atoms with van der Waals surface area (Å²) in [7, 11) is 0. The lowest BCUT2D eigenvalue weighted by Gasteiger charge is -2.19. The number of hydrazine groups is 1. The first-order chi connectivity index (χ1) is 12.8. The number of ketones is 1. The number of Topliss-reactive ketones (excluding diaryl/α,β-unsaturated/α-hetero) is 1. The van der Waals surface area contributed by atoms with Crippen LogP contribution in [0.2, 0.25) is 0 Å². The quantitative estimate of drug-likeness (QED) is 0.187. The summed E-state index contributed by atoms with van der Waals surface area (Å²) < 4.78 is 0. The number of carbonyl (C=O) groups is 3. The Hall–Kier alpha value is -3.37. The maximum absolute atomic E-state index is 12.3. The minimum absolute atomic E-state index is 0.00681. The number of nitrogens with two attached hydrogens (primary N) is 3. The number of benzene rings is 2. The second kappa shape index (κ2) is 8.83. The van der Waals surface area contributed by atoms with Crippen molar-refractivity contribution >= 4 is 40.3 Å². The van der Waals surface area contributed by atoms with Crippen LogP contribution in [0.15, 0.2) is 53.6 Å². The minimum Gasteiger partial charge on any atom is -0.478 e. The van der Waals surface area contributed by atoms with Gasteiger partial charge in [-0.15, -0.1) is 0 Å². The highest BCUT2D eigenvalue weighted by Crippen LogP contribution is 2.18. The van der Waals surface area contributed by atoms with Gasteiger partial charge in [-0.1, -0.05) is 23.9 Å². The fraction of sp³-hybridized carbons (Fsp3) is 0.0588. The first-order valence-electron chi connectivity index (χ1n) is 7.55. The molecule has 0 aliphatic heterocycles. The largest absolute Gasteiger partial charge is 0.478 e. The van der Waals surface area contributed by atoms with Gasteiger partial charge in [-0.2, -0.15) is 5.10 Å². The molecule has 2 aromatic rings. The monoisotopic (exact) mass is 387 g/mol. The number of hydrazone groups is 1. The number of aromatic carboxylic acids is 1. The Labute approximate surface area is 158 Å². The molecular formula is C17H17N5O4S. The lowest BCUT2D eigenvalue weighted by atomic mass is 10.1. The molecule has 0 radical (unpaired) electrons. The molecule has 9 nitrogen and oxygen atoms in total. The average molecular weight is 387 g/mol. The zero-order valence-corrected chi connectivity index (χ0v) is 14.8. The second-order valence-electron chi connectivity index (χ2n) is 5.29. The van der Waals surface area contributed by atoms with Crippen molar-refractivity contribution in [3.63, 3.8) is 0 Å². The Kier molecular flexibility index (Phi) is 6.52. The maximum atomic E-state index is 12.3. The molecule has 2 rings (SSSR count). The van der Waals surface area contributed by atoms with Gasteiger partial charge in [-0.05, 0) is 36.4 Å². The normalized spacial score (nSPS) is 11.1. The van der Waals surface area contributed by atoms with Crippen LogP contribution in [0.3, 0.4) is 0 Å². The van der Waals surface area contributed by atoms with Crippen molar-refractivity contribution in [2.75, 3.05) is 10.8 Å². The van der Waals surface area contributed by atoms with Crippen LogP contribution in [-0.2, 0) is 0 Å². The lowest BCUT2D eigenvalue weighted by molar-refractivity contribution is 0.0696. The standard InChI is InChI=1S/C17H17N5O4S/c18-15(24)11-3-1-10(2-4-11)14(23)9-27-17(21-19)22(20)13-7-5-12(6-8-13)16(25)26/h1-8H,9,19-20H2,(H2,18,24)(H,25,26)/b21-17+. The van der Waals surface area contributed by atoms with Gasteiger partial charge in [0.2, 0.25) is 11.1 Å². The van der Waals surface area contributed by atoms with Gasteiger partial charge in [0.15, 0.2) is 5.78 Å². The third-order valence-electron chi connectivity index (χ3n) is 3.53. The SMILES string of the molecule is N/N=C(/SCC(=O)c1ccc(C(N)=O)cc1)N(N)c1ccc(C(=O)O)cc1. The van der Waals surface area contributed by atoms with Gasteiger partial charge in [0.1, 0.15) is 0 Å². The van der Waals surface area contributed by atoms with E-state index in [-0.39, 0.29) is 22.3 Å². The van der Waals surface area contributed by atoms with E-state index in [0.717, 1.165) is 16.8 Å². The van der Waals surface area contributed by atoms with Crippen LogP contribution in [0.25, 0.3) is 0 Å². The number of primary amides is 1. The summed E-state index contributed by atoms with van der Waals surface area (Å²) in [5, 5.41) is 13.8. The van der Waals surface area contributed by atoms with E-state index in [9.17, 15) is 14.4 Å². The number of carboxylic acids is 1. The molecule has 0 aliphatic carbocycles. The van der Waals surface area contributed by atoms with Crippen molar-refractivity contribution in [2.45, 2.75) is 0 Å². The fourth-order valence-corrected chi connectivity index (χ4v) is 2.82. The van der Waals surface area contributed by atoms with E-state index >= 15 is 0 Å². The summed E-state index contributed by atoms with van der Waals surface area (Å²) in [4.78, 5) is 34.2. The van der Waals surface area contributed by atoms with Crippen LogP contribution < -0.4 is 22.4 Å². The molecule has 0 spiro atoms. The molecule has 140 valence electrons. The third-order valence-corrected chi connectivity index (χ3v) is 4.50. The van der Waals surface area contributed by atoms with Gasteiger partial charge in [0.25, 0.3) is 0 Å². The van der Waals surface area contributed by atoms with Gasteiger partial charge >= 0.3 is 5.97 Å². The Morgan fingerprint density at radius 1 is 0.963 bits per heavy atom. The van der Waals surface area contributed by atoms with Gasteiger partial charge in [-0.25, -0.2) is 10.6 Å². The molecule has 0 aromatic heterocycles. The molecular weight excluding hydrogens is 370 g/mol. The highest BCUT2D eigenvalue weighted by atomic mass is 32.2. The fourth-order valence-electron chi connectivity index (χ4n) is 2.08. The highest BCUT2D eigenvalue weighted by Gasteiger charge is 2.15. The number of anilines is 1. The molecule has 0 aliphatic rings. The first kappa shape index (κ1) is 19.9. The zero-order chi connectivity index (χ0) is 20.0. The summed E-state index contributed by atoms with van der Waals surface area (Å²) in [5.74, 6) is 9.46. The summed E-state index contributed by atoms with van der Waals surface area (Å²) in [6, 6.07) is 11.7. The van der Waals surface area contributed by atoms with Gasteiger partial charge in [-0.3, -0.25) is 14.6 Å².